The Morgan fingerprint density at radius 2 is 1.53 bits per heavy atom. The number of allylic oxidation sites excluding steroid dienone is 3. The van der Waals surface area contributed by atoms with Gasteiger partial charge in [-0.05, 0) is 108 Å². The van der Waals surface area contributed by atoms with Gasteiger partial charge in [0.15, 0.2) is 6.29 Å². The van der Waals surface area contributed by atoms with Crippen LogP contribution in [0.1, 0.15) is 99.8 Å². The number of aliphatic hydroxyl groups excluding tert-OH is 7. The molecule has 18 unspecified atom stereocenters. The summed E-state index contributed by atoms with van der Waals surface area (Å²) in [5.41, 5.74) is 0.720. The van der Waals surface area contributed by atoms with Gasteiger partial charge in [-0.1, -0.05) is 60.6 Å². The van der Waals surface area contributed by atoms with Crippen LogP contribution in [0.5, 0.6) is 0 Å². The zero-order chi connectivity index (χ0) is 38.6. The molecule has 0 radical (unpaired) electrons. The van der Waals surface area contributed by atoms with E-state index in [0.29, 0.717) is 24.7 Å². The lowest BCUT2D eigenvalue weighted by atomic mass is 9.35. The summed E-state index contributed by atoms with van der Waals surface area (Å²) < 4.78 is 23.7. The molecular formula is C41H64O12. The van der Waals surface area contributed by atoms with Gasteiger partial charge in [-0.25, -0.2) is 0 Å². The molecule has 7 aliphatic rings. The average molecular weight is 749 g/mol. The maximum absolute atomic E-state index is 14.5. The van der Waals surface area contributed by atoms with E-state index in [2.05, 4.69) is 60.6 Å². The second-order valence-corrected chi connectivity index (χ2v) is 19.2. The van der Waals surface area contributed by atoms with Crippen molar-refractivity contribution >= 4 is 5.97 Å². The molecule has 2 aliphatic heterocycles. The number of rotatable bonds is 5. The summed E-state index contributed by atoms with van der Waals surface area (Å²) in [6.07, 6.45) is -1.39. The molecule has 7 rings (SSSR count). The summed E-state index contributed by atoms with van der Waals surface area (Å²) in [5.74, 6) is 0.501. The highest BCUT2D eigenvalue weighted by Gasteiger charge is 2.68. The van der Waals surface area contributed by atoms with Gasteiger partial charge in [0.2, 0.25) is 6.29 Å². The lowest BCUT2D eigenvalue weighted by Crippen LogP contribution is -2.64. The standard InChI is InChI=1S/C41H64O12/c1-20-10-15-41(36(49)53-35-33(48)31(46)30(45)24(18-42)51-35)17-16-39(6)22(28(41)21(20)2)8-9-26-38(5)13-12-27(37(3,4)25(38)11-14-40(26,39)7)52-34-32(47)29(44)23(43)19-50-34/h8-9,20-21,23-27,29-35,42-48H,10-19H2,1-7H3. The molecule has 2 saturated heterocycles. The summed E-state index contributed by atoms with van der Waals surface area (Å²) in [6, 6.07) is 0. The molecule has 12 nitrogen and oxygen atoms in total. The van der Waals surface area contributed by atoms with Gasteiger partial charge in [0.1, 0.15) is 42.7 Å². The quantitative estimate of drug-likeness (QED) is 0.161. The Labute approximate surface area is 313 Å². The third kappa shape index (κ3) is 5.70. The van der Waals surface area contributed by atoms with Crippen LogP contribution in [0.25, 0.3) is 0 Å². The van der Waals surface area contributed by atoms with Crippen molar-refractivity contribution < 1.29 is 59.5 Å². The number of hydrogen-bond acceptors (Lipinski definition) is 12. The van der Waals surface area contributed by atoms with Crippen molar-refractivity contribution in [2.24, 2.45) is 50.7 Å². The fourth-order valence-electron chi connectivity index (χ4n) is 12.8. The SMILES string of the molecule is CC1CCC2(C(=O)OC3OC(CO)C(O)C(O)C3O)CCC3(C)C(=C2C1C)C=CC1C2(C)CCC(OC4OCC(O)C(O)C4O)C(C)(C)C2CCC13C. The van der Waals surface area contributed by atoms with Crippen molar-refractivity contribution in [2.45, 2.75) is 161 Å². The molecule has 18 atom stereocenters. The van der Waals surface area contributed by atoms with Gasteiger partial charge in [-0.15, -0.1) is 0 Å². The van der Waals surface area contributed by atoms with Crippen LogP contribution in [0.4, 0.5) is 0 Å². The maximum atomic E-state index is 14.5. The third-order valence-corrected chi connectivity index (χ3v) is 16.5. The number of ether oxygens (including phenoxy) is 4. The summed E-state index contributed by atoms with van der Waals surface area (Å²) >= 11 is 0. The molecule has 12 heteroatoms. The van der Waals surface area contributed by atoms with Gasteiger partial charge in [0.05, 0.1) is 24.7 Å². The Balaban J connectivity index is 1.21. The van der Waals surface area contributed by atoms with E-state index in [1.165, 1.54) is 5.57 Å². The Morgan fingerprint density at radius 1 is 0.830 bits per heavy atom. The van der Waals surface area contributed by atoms with E-state index in [-0.39, 0.29) is 46.2 Å². The van der Waals surface area contributed by atoms with E-state index < -0.39 is 73.3 Å². The fraction of sp³-hybridized carbons (Fsp3) is 0.878. The van der Waals surface area contributed by atoms with Crippen molar-refractivity contribution in [3.05, 3.63) is 23.3 Å². The highest BCUT2D eigenvalue weighted by atomic mass is 16.7. The predicted octanol–water partition coefficient (Wildman–Crippen LogP) is 2.73. The lowest BCUT2D eigenvalue weighted by Gasteiger charge is -2.69. The van der Waals surface area contributed by atoms with Crippen molar-refractivity contribution in [1.82, 2.24) is 0 Å². The molecule has 300 valence electrons. The minimum atomic E-state index is -1.66. The van der Waals surface area contributed by atoms with Gasteiger partial charge >= 0.3 is 5.97 Å². The Kier molecular flexibility index (Phi) is 10.2. The first-order valence-corrected chi connectivity index (χ1v) is 20.0. The molecule has 3 saturated carbocycles. The van der Waals surface area contributed by atoms with E-state index in [0.717, 1.165) is 44.1 Å². The van der Waals surface area contributed by atoms with E-state index in [4.69, 9.17) is 18.9 Å². The molecule has 0 bridgehead atoms. The molecule has 5 fully saturated rings. The molecule has 0 amide bonds. The topological polar surface area (TPSA) is 196 Å². The molecule has 53 heavy (non-hydrogen) atoms. The van der Waals surface area contributed by atoms with Crippen LogP contribution in [-0.4, -0.2) is 116 Å². The van der Waals surface area contributed by atoms with Gasteiger partial charge in [0.25, 0.3) is 0 Å². The first-order valence-electron chi connectivity index (χ1n) is 20.0. The first kappa shape index (κ1) is 39.8. The summed E-state index contributed by atoms with van der Waals surface area (Å²) in [4.78, 5) is 14.5. The molecule has 5 aliphatic carbocycles. The molecule has 0 spiro atoms. The molecular weight excluding hydrogens is 684 g/mol. The van der Waals surface area contributed by atoms with E-state index in [1.54, 1.807) is 0 Å². The van der Waals surface area contributed by atoms with Crippen LogP contribution in [0.3, 0.4) is 0 Å². The fourth-order valence-corrected chi connectivity index (χ4v) is 12.8. The Hall–Kier alpha value is -1.45. The number of fused-ring (bicyclic) bond motifs is 6. The zero-order valence-corrected chi connectivity index (χ0v) is 32.5. The number of hydrogen-bond donors (Lipinski definition) is 7. The van der Waals surface area contributed by atoms with Crippen LogP contribution in [-0.2, 0) is 23.7 Å². The lowest BCUT2D eigenvalue weighted by molar-refractivity contribution is -0.306. The van der Waals surface area contributed by atoms with E-state index in [1.807, 2.05) is 0 Å². The van der Waals surface area contributed by atoms with Crippen molar-refractivity contribution in [1.29, 1.82) is 0 Å². The summed E-state index contributed by atoms with van der Waals surface area (Å²) in [5, 5.41) is 72.3. The van der Waals surface area contributed by atoms with Crippen molar-refractivity contribution in [3.8, 4) is 0 Å². The predicted molar refractivity (Wildman–Crippen MR) is 191 cm³/mol. The molecule has 0 aromatic carbocycles. The maximum Gasteiger partial charge on any atom is 0.318 e. The minimum absolute atomic E-state index is 0.0597. The number of esters is 1. The van der Waals surface area contributed by atoms with Gasteiger partial charge in [-0.3, -0.25) is 4.79 Å². The first-order chi connectivity index (χ1) is 24.8. The number of aliphatic hydroxyl groups is 7. The second-order valence-electron chi connectivity index (χ2n) is 19.2. The second kappa shape index (κ2) is 13.6. The smallest absolute Gasteiger partial charge is 0.318 e. The largest absolute Gasteiger partial charge is 0.432 e. The minimum Gasteiger partial charge on any atom is -0.432 e. The van der Waals surface area contributed by atoms with Gasteiger partial charge in [-0.2, -0.15) is 0 Å². The number of carbonyl (C=O) groups excluding carboxylic acids is 1. The average Bonchev–Trinajstić information content (AvgIpc) is 3.11. The van der Waals surface area contributed by atoms with Crippen LogP contribution >= 0.6 is 0 Å². The molecule has 0 aromatic heterocycles. The highest BCUT2D eigenvalue weighted by Crippen LogP contribution is 2.74. The van der Waals surface area contributed by atoms with E-state index in [9.17, 15) is 40.5 Å². The monoisotopic (exact) mass is 748 g/mol. The van der Waals surface area contributed by atoms with Gasteiger partial charge < -0.3 is 54.7 Å². The number of carbonyl (C=O) groups is 1. The van der Waals surface area contributed by atoms with Crippen molar-refractivity contribution in [2.75, 3.05) is 13.2 Å². The summed E-state index contributed by atoms with van der Waals surface area (Å²) in [7, 11) is 0. The van der Waals surface area contributed by atoms with Crippen LogP contribution < -0.4 is 0 Å². The third-order valence-electron chi connectivity index (χ3n) is 16.5. The van der Waals surface area contributed by atoms with Crippen LogP contribution in [0.2, 0.25) is 0 Å². The highest BCUT2D eigenvalue weighted by molar-refractivity contribution is 5.82. The van der Waals surface area contributed by atoms with Crippen LogP contribution in [0, 0.1) is 50.7 Å². The van der Waals surface area contributed by atoms with Crippen molar-refractivity contribution in [3.63, 3.8) is 0 Å². The van der Waals surface area contributed by atoms with Gasteiger partial charge in [0, 0.05) is 0 Å². The zero-order valence-electron chi connectivity index (χ0n) is 32.5. The van der Waals surface area contributed by atoms with E-state index >= 15 is 0 Å². The van der Waals surface area contributed by atoms with Crippen LogP contribution in [0.15, 0.2) is 23.3 Å². The molecule has 0 aromatic rings. The Morgan fingerprint density at radius 3 is 2.23 bits per heavy atom. The molecule has 7 N–H and O–H groups in total. The normalized spacial score (nSPS) is 53.5. The summed E-state index contributed by atoms with van der Waals surface area (Å²) in [6.45, 7) is 15.6. The Bertz CT molecular complexity index is 1480. The molecule has 2 heterocycles.